The zero-order valence-corrected chi connectivity index (χ0v) is 11.7. The highest BCUT2D eigenvalue weighted by atomic mass is 35.5. The fourth-order valence-corrected chi connectivity index (χ4v) is 2.28. The zero-order chi connectivity index (χ0) is 12.8. The highest BCUT2D eigenvalue weighted by Crippen LogP contribution is 2.25. The van der Waals surface area contributed by atoms with Crippen LogP contribution in [0.3, 0.4) is 0 Å². The van der Waals surface area contributed by atoms with Crippen LogP contribution in [-0.2, 0) is 6.54 Å². The lowest BCUT2D eigenvalue weighted by Gasteiger charge is -2.21. The maximum Gasteiger partial charge on any atom is 0.135 e. The van der Waals surface area contributed by atoms with Crippen LogP contribution in [0.25, 0.3) is 0 Å². The van der Waals surface area contributed by atoms with Gasteiger partial charge in [-0.1, -0.05) is 30.1 Å². The van der Waals surface area contributed by atoms with E-state index in [1.165, 1.54) is 0 Å². The van der Waals surface area contributed by atoms with E-state index in [4.69, 9.17) is 28.3 Å². The van der Waals surface area contributed by atoms with Gasteiger partial charge in [-0.25, -0.2) is 4.98 Å². The van der Waals surface area contributed by atoms with Crippen molar-refractivity contribution in [3.05, 3.63) is 27.5 Å². The Labute approximate surface area is 112 Å². The summed E-state index contributed by atoms with van der Waals surface area (Å²) in [6.07, 6.45) is 0.752. The Balaban J connectivity index is 2.78. The number of nitrogens with zero attached hydrogens (tertiary/aromatic N) is 2. The van der Waals surface area contributed by atoms with Crippen molar-refractivity contribution >= 4 is 23.2 Å². The van der Waals surface area contributed by atoms with E-state index in [1.807, 2.05) is 13.0 Å². The smallest absolute Gasteiger partial charge is 0.135 e. The molecule has 17 heavy (non-hydrogen) atoms. The second-order valence-corrected chi connectivity index (χ2v) is 4.73. The molecule has 0 unspecified atom stereocenters. The van der Waals surface area contributed by atoms with Gasteiger partial charge in [-0.05, 0) is 26.0 Å². The van der Waals surface area contributed by atoms with Gasteiger partial charge in [0.15, 0.2) is 0 Å². The van der Waals surface area contributed by atoms with Crippen LogP contribution >= 0.6 is 23.2 Å². The predicted molar refractivity (Wildman–Crippen MR) is 71.6 cm³/mol. The first-order valence-electron chi connectivity index (χ1n) is 5.73. The van der Waals surface area contributed by atoms with Crippen LogP contribution in [0.15, 0.2) is 6.07 Å². The van der Waals surface area contributed by atoms with Crippen LogP contribution in [-0.4, -0.2) is 34.7 Å². The molecule has 0 aliphatic carbocycles. The molecule has 5 heteroatoms. The van der Waals surface area contributed by atoms with Crippen molar-refractivity contribution in [3.63, 3.8) is 0 Å². The normalized spacial score (nSPS) is 11.2. The summed E-state index contributed by atoms with van der Waals surface area (Å²) in [5.41, 5.74) is 1.68. The fraction of sp³-hybridized carbons (Fsp3) is 0.583. The summed E-state index contributed by atoms with van der Waals surface area (Å²) in [5.74, 6) is 0. The van der Waals surface area contributed by atoms with Crippen molar-refractivity contribution in [1.82, 2.24) is 9.88 Å². The van der Waals surface area contributed by atoms with Gasteiger partial charge >= 0.3 is 0 Å². The van der Waals surface area contributed by atoms with Gasteiger partial charge in [0.25, 0.3) is 0 Å². The summed E-state index contributed by atoms with van der Waals surface area (Å²) >= 11 is 12.3. The molecule has 0 fully saturated rings. The molecule has 0 radical (unpaired) electrons. The average molecular weight is 277 g/mol. The standard InChI is InChI=1S/C12H18Cl2N2O/c1-3-16(5-4-6-17)8-10-11(13)7-9(2)15-12(10)14/h7,17H,3-6,8H2,1-2H3. The van der Waals surface area contributed by atoms with Crippen LogP contribution in [0.4, 0.5) is 0 Å². The number of hydrogen-bond donors (Lipinski definition) is 1. The molecule has 0 amide bonds. The summed E-state index contributed by atoms with van der Waals surface area (Å²) in [7, 11) is 0. The van der Waals surface area contributed by atoms with Crippen LogP contribution in [0.1, 0.15) is 24.6 Å². The topological polar surface area (TPSA) is 36.4 Å². The first-order valence-corrected chi connectivity index (χ1v) is 6.48. The molecule has 1 N–H and O–H groups in total. The van der Waals surface area contributed by atoms with Crippen LogP contribution in [0.5, 0.6) is 0 Å². The van der Waals surface area contributed by atoms with Crippen LogP contribution in [0, 0.1) is 6.92 Å². The Hall–Kier alpha value is -0.350. The second kappa shape index (κ2) is 7.17. The molecule has 0 aliphatic rings. The van der Waals surface area contributed by atoms with E-state index in [-0.39, 0.29) is 6.61 Å². The number of halogens is 2. The molecule has 0 spiro atoms. The summed E-state index contributed by atoms with van der Waals surface area (Å²) in [4.78, 5) is 6.39. The Morgan fingerprint density at radius 2 is 2.12 bits per heavy atom. The molecule has 0 aliphatic heterocycles. The largest absolute Gasteiger partial charge is 0.396 e. The summed E-state index contributed by atoms with van der Waals surface area (Å²) < 4.78 is 0. The molecular formula is C12H18Cl2N2O. The van der Waals surface area contributed by atoms with Crippen molar-refractivity contribution in [2.24, 2.45) is 0 Å². The minimum Gasteiger partial charge on any atom is -0.396 e. The molecular weight excluding hydrogens is 259 g/mol. The second-order valence-electron chi connectivity index (χ2n) is 3.96. The maximum absolute atomic E-state index is 8.83. The lowest BCUT2D eigenvalue weighted by Crippen LogP contribution is -2.25. The Bertz CT molecular complexity index is 349. The highest BCUT2D eigenvalue weighted by molar-refractivity contribution is 6.35. The lowest BCUT2D eigenvalue weighted by atomic mass is 10.2. The molecule has 1 aromatic rings. The number of hydrogen-bond acceptors (Lipinski definition) is 3. The molecule has 1 rings (SSSR count). The SMILES string of the molecule is CCN(CCCO)Cc1c(Cl)cc(C)nc1Cl. The highest BCUT2D eigenvalue weighted by Gasteiger charge is 2.12. The third-order valence-corrected chi connectivity index (χ3v) is 3.26. The molecule has 0 aromatic carbocycles. The number of aryl methyl sites for hydroxylation is 1. The summed E-state index contributed by atoms with van der Waals surface area (Å²) in [5, 5.41) is 9.96. The number of pyridine rings is 1. The predicted octanol–water partition coefficient (Wildman–Crippen LogP) is 2.90. The van der Waals surface area contributed by atoms with E-state index in [2.05, 4.69) is 16.8 Å². The maximum atomic E-state index is 8.83. The Kier molecular flexibility index (Phi) is 6.20. The van der Waals surface area contributed by atoms with E-state index >= 15 is 0 Å². The van der Waals surface area contributed by atoms with Gasteiger partial charge in [-0.15, -0.1) is 0 Å². The van der Waals surface area contributed by atoms with Gasteiger partial charge in [0.05, 0.1) is 0 Å². The minimum atomic E-state index is 0.199. The van der Waals surface area contributed by atoms with Crippen molar-refractivity contribution in [2.45, 2.75) is 26.8 Å². The molecule has 1 aromatic heterocycles. The number of aromatic nitrogens is 1. The molecule has 0 saturated carbocycles. The molecule has 1 heterocycles. The van der Waals surface area contributed by atoms with Gasteiger partial charge < -0.3 is 5.11 Å². The van der Waals surface area contributed by atoms with Crippen molar-refractivity contribution in [1.29, 1.82) is 0 Å². The Morgan fingerprint density at radius 1 is 1.41 bits per heavy atom. The third-order valence-electron chi connectivity index (χ3n) is 2.61. The van der Waals surface area contributed by atoms with Gasteiger partial charge in [0, 0.05) is 36.0 Å². The van der Waals surface area contributed by atoms with Crippen LogP contribution < -0.4 is 0 Å². The zero-order valence-electron chi connectivity index (χ0n) is 10.2. The number of aliphatic hydroxyl groups excluding tert-OH is 1. The van der Waals surface area contributed by atoms with E-state index < -0.39 is 0 Å². The van der Waals surface area contributed by atoms with Crippen molar-refractivity contribution in [2.75, 3.05) is 19.7 Å². The van der Waals surface area contributed by atoms with E-state index in [0.29, 0.717) is 16.7 Å². The Morgan fingerprint density at radius 3 is 2.65 bits per heavy atom. The van der Waals surface area contributed by atoms with Gasteiger partial charge in [-0.3, -0.25) is 4.90 Å². The van der Waals surface area contributed by atoms with E-state index in [9.17, 15) is 0 Å². The molecule has 0 saturated heterocycles. The average Bonchev–Trinajstić information content (AvgIpc) is 2.27. The quantitative estimate of drug-likeness (QED) is 0.812. The van der Waals surface area contributed by atoms with Crippen molar-refractivity contribution in [3.8, 4) is 0 Å². The van der Waals surface area contributed by atoms with Gasteiger partial charge in [-0.2, -0.15) is 0 Å². The van der Waals surface area contributed by atoms with Gasteiger partial charge in [0.2, 0.25) is 0 Å². The number of rotatable bonds is 6. The molecule has 96 valence electrons. The molecule has 0 atom stereocenters. The molecule has 3 nitrogen and oxygen atoms in total. The minimum absolute atomic E-state index is 0.199. The summed E-state index contributed by atoms with van der Waals surface area (Å²) in [6.45, 7) is 6.52. The monoisotopic (exact) mass is 276 g/mol. The fourth-order valence-electron chi connectivity index (χ4n) is 1.63. The van der Waals surface area contributed by atoms with Crippen LogP contribution in [0.2, 0.25) is 10.2 Å². The molecule has 0 bridgehead atoms. The third kappa shape index (κ3) is 4.43. The number of aliphatic hydroxyl groups is 1. The lowest BCUT2D eigenvalue weighted by molar-refractivity contribution is 0.225. The summed E-state index contributed by atoms with van der Waals surface area (Å²) in [6, 6.07) is 1.82. The first-order chi connectivity index (χ1) is 8.08. The first kappa shape index (κ1) is 14.7. The van der Waals surface area contributed by atoms with E-state index in [1.54, 1.807) is 0 Å². The van der Waals surface area contributed by atoms with Crippen molar-refractivity contribution < 1.29 is 5.11 Å². The van der Waals surface area contributed by atoms with E-state index in [0.717, 1.165) is 30.8 Å². The van der Waals surface area contributed by atoms with Gasteiger partial charge in [0.1, 0.15) is 5.15 Å².